The third-order valence-electron chi connectivity index (χ3n) is 5.14. The summed E-state index contributed by atoms with van der Waals surface area (Å²) < 4.78 is 0. The van der Waals surface area contributed by atoms with E-state index in [1.54, 1.807) is 0 Å². The predicted molar refractivity (Wildman–Crippen MR) is 112 cm³/mol. The molecule has 0 aliphatic carbocycles. The Kier molecular flexibility index (Phi) is 5.76. The lowest BCUT2D eigenvalue weighted by atomic mass is 9.86. The van der Waals surface area contributed by atoms with E-state index in [-0.39, 0.29) is 22.6 Å². The maximum atomic E-state index is 13.3. The first-order valence-corrected chi connectivity index (χ1v) is 10.5. The monoisotopic (exact) mass is 367 g/mol. The molecular weight excluding hydrogens is 338 g/mol. The molecule has 0 bridgehead atoms. The van der Waals surface area contributed by atoms with Crippen LogP contribution in [0.15, 0.2) is 54.6 Å². The average Bonchev–Trinajstić information content (AvgIpc) is 3.12. The Morgan fingerprint density at radius 1 is 1.12 bits per heavy atom. The fraction of sp³-hybridized carbons (Fsp3) is 0.435. The number of carbonyl (C=O) groups is 1. The van der Waals surface area contributed by atoms with Crippen LogP contribution in [0.25, 0.3) is 0 Å². The van der Waals surface area contributed by atoms with Gasteiger partial charge in [-0.3, -0.25) is 4.79 Å². The van der Waals surface area contributed by atoms with Crippen molar-refractivity contribution in [3.8, 4) is 0 Å². The topological polar surface area (TPSA) is 20.3 Å². The highest BCUT2D eigenvalue weighted by atomic mass is 32.2. The average molecular weight is 368 g/mol. The van der Waals surface area contributed by atoms with Crippen LogP contribution in [0.5, 0.6) is 0 Å². The first-order valence-electron chi connectivity index (χ1n) is 9.49. The zero-order chi connectivity index (χ0) is 18.7. The summed E-state index contributed by atoms with van der Waals surface area (Å²) in [6.45, 7) is 9.63. The van der Waals surface area contributed by atoms with Crippen molar-refractivity contribution < 1.29 is 4.79 Å². The number of hydrogen-bond donors (Lipinski definition) is 0. The molecule has 0 N–H and O–H groups in total. The molecule has 1 amide bonds. The van der Waals surface area contributed by atoms with Crippen molar-refractivity contribution in [3.05, 3.63) is 71.3 Å². The highest BCUT2D eigenvalue weighted by Gasteiger charge is 2.34. The van der Waals surface area contributed by atoms with Gasteiger partial charge >= 0.3 is 0 Å². The van der Waals surface area contributed by atoms with Crippen LogP contribution in [-0.4, -0.2) is 23.1 Å². The van der Waals surface area contributed by atoms with Gasteiger partial charge in [0, 0.05) is 12.3 Å². The zero-order valence-corrected chi connectivity index (χ0v) is 17.1. The van der Waals surface area contributed by atoms with Crippen LogP contribution in [0.2, 0.25) is 0 Å². The molecule has 0 spiro atoms. The first kappa shape index (κ1) is 19.0. The van der Waals surface area contributed by atoms with Gasteiger partial charge in [-0.25, -0.2) is 0 Å². The molecular formula is C23H29NOS. The second-order valence-electron chi connectivity index (χ2n) is 8.00. The smallest absolute Gasteiger partial charge is 0.231 e. The Morgan fingerprint density at radius 2 is 1.77 bits per heavy atom. The normalized spacial score (nSPS) is 18.8. The molecule has 3 heteroatoms. The molecule has 2 atom stereocenters. The van der Waals surface area contributed by atoms with E-state index in [1.165, 1.54) is 11.1 Å². The zero-order valence-electron chi connectivity index (χ0n) is 16.2. The van der Waals surface area contributed by atoms with Gasteiger partial charge in [0.05, 0.1) is 5.92 Å². The van der Waals surface area contributed by atoms with E-state index >= 15 is 0 Å². The van der Waals surface area contributed by atoms with Gasteiger partial charge in [-0.1, -0.05) is 82.3 Å². The quantitative estimate of drug-likeness (QED) is 0.685. The van der Waals surface area contributed by atoms with Gasteiger partial charge in [0.1, 0.15) is 5.37 Å². The van der Waals surface area contributed by atoms with E-state index in [9.17, 15) is 4.79 Å². The van der Waals surface area contributed by atoms with E-state index in [1.807, 2.05) is 30.0 Å². The molecule has 3 rings (SSSR count). The Labute approximate surface area is 162 Å². The lowest BCUT2D eigenvalue weighted by Gasteiger charge is -2.29. The molecule has 26 heavy (non-hydrogen) atoms. The standard InChI is InChI=1S/C23H29NOS/c1-5-20(17-9-7-6-8-10-17)21(25)24-15-16-26-22(24)18-11-13-19(14-12-18)23(2,3)4/h6-14,20,22H,5,15-16H2,1-4H3/t20-,22-/m1/s1. The van der Waals surface area contributed by atoms with Crippen molar-refractivity contribution in [1.82, 2.24) is 4.90 Å². The van der Waals surface area contributed by atoms with E-state index in [0.717, 1.165) is 24.3 Å². The SMILES string of the molecule is CC[C@@H](C(=O)N1CCS[C@@H]1c1ccc(C(C)(C)C)cc1)c1ccccc1. The lowest BCUT2D eigenvalue weighted by Crippen LogP contribution is -2.34. The Balaban J connectivity index is 1.82. The van der Waals surface area contributed by atoms with Gasteiger partial charge in [0.25, 0.3) is 0 Å². The van der Waals surface area contributed by atoms with Crippen molar-refractivity contribution in [2.75, 3.05) is 12.3 Å². The van der Waals surface area contributed by atoms with E-state index in [4.69, 9.17) is 0 Å². The van der Waals surface area contributed by atoms with Crippen LogP contribution in [0.4, 0.5) is 0 Å². The molecule has 0 aromatic heterocycles. The summed E-state index contributed by atoms with van der Waals surface area (Å²) in [5.41, 5.74) is 3.84. The van der Waals surface area contributed by atoms with Crippen molar-refractivity contribution in [3.63, 3.8) is 0 Å². The second kappa shape index (κ2) is 7.87. The molecule has 1 fully saturated rings. The minimum atomic E-state index is -0.0498. The molecule has 2 nitrogen and oxygen atoms in total. The number of nitrogens with zero attached hydrogens (tertiary/aromatic N) is 1. The van der Waals surface area contributed by atoms with Crippen LogP contribution >= 0.6 is 11.8 Å². The summed E-state index contributed by atoms with van der Waals surface area (Å²) in [6.07, 6.45) is 0.833. The molecule has 2 aromatic rings. The van der Waals surface area contributed by atoms with Crippen molar-refractivity contribution in [2.24, 2.45) is 0 Å². The molecule has 1 saturated heterocycles. The molecule has 2 aromatic carbocycles. The number of amides is 1. The number of rotatable bonds is 4. The number of hydrogen-bond acceptors (Lipinski definition) is 2. The Hall–Kier alpha value is -1.74. The van der Waals surface area contributed by atoms with Crippen molar-refractivity contribution in [2.45, 2.75) is 50.8 Å². The highest BCUT2D eigenvalue weighted by molar-refractivity contribution is 7.99. The van der Waals surface area contributed by atoms with Gasteiger partial charge in [-0.15, -0.1) is 11.8 Å². The van der Waals surface area contributed by atoms with E-state index < -0.39 is 0 Å². The number of benzene rings is 2. The number of thioether (sulfide) groups is 1. The fourth-order valence-corrected chi connectivity index (χ4v) is 4.82. The third kappa shape index (κ3) is 3.98. The van der Waals surface area contributed by atoms with Crippen LogP contribution in [0, 0.1) is 0 Å². The summed E-state index contributed by atoms with van der Waals surface area (Å²) in [7, 11) is 0. The minimum absolute atomic E-state index is 0.0498. The summed E-state index contributed by atoms with van der Waals surface area (Å²) >= 11 is 1.87. The molecule has 1 heterocycles. The molecule has 0 unspecified atom stereocenters. The molecule has 1 aliphatic heterocycles. The number of carbonyl (C=O) groups excluding carboxylic acids is 1. The van der Waals surface area contributed by atoms with Gasteiger partial charge in [-0.2, -0.15) is 0 Å². The molecule has 0 saturated carbocycles. The summed E-state index contributed by atoms with van der Waals surface area (Å²) in [5.74, 6) is 1.21. The minimum Gasteiger partial charge on any atom is -0.325 e. The molecule has 0 radical (unpaired) electrons. The van der Waals surface area contributed by atoms with Gasteiger partial charge in [0.15, 0.2) is 0 Å². The Bertz CT molecular complexity index is 733. The van der Waals surface area contributed by atoms with Crippen LogP contribution < -0.4 is 0 Å². The molecule has 1 aliphatic rings. The lowest BCUT2D eigenvalue weighted by molar-refractivity contribution is -0.133. The second-order valence-corrected chi connectivity index (χ2v) is 9.19. The fourth-order valence-electron chi connectivity index (χ4n) is 3.56. The third-order valence-corrected chi connectivity index (χ3v) is 6.40. The van der Waals surface area contributed by atoms with Gasteiger partial charge in [0.2, 0.25) is 5.91 Å². The largest absolute Gasteiger partial charge is 0.325 e. The molecule has 138 valence electrons. The Morgan fingerprint density at radius 3 is 2.35 bits per heavy atom. The van der Waals surface area contributed by atoms with Crippen LogP contribution in [-0.2, 0) is 10.2 Å². The van der Waals surface area contributed by atoms with E-state index in [2.05, 4.69) is 69.0 Å². The van der Waals surface area contributed by atoms with Crippen LogP contribution in [0.1, 0.15) is 62.1 Å². The van der Waals surface area contributed by atoms with Crippen molar-refractivity contribution in [1.29, 1.82) is 0 Å². The van der Waals surface area contributed by atoms with Gasteiger partial charge < -0.3 is 4.90 Å². The first-order chi connectivity index (χ1) is 12.4. The summed E-state index contributed by atoms with van der Waals surface area (Å²) in [5, 5.41) is 0.134. The maximum Gasteiger partial charge on any atom is 0.231 e. The predicted octanol–water partition coefficient (Wildman–Crippen LogP) is 5.75. The van der Waals surface area contributed by atoms with E-state index in [0.29, 0.717) is 0 Å². The summed E-state index contributed by atoms with van der Waals surface area (Å²) in [4.78, 5) is 15.4. The van der Waals surface area contributed by atoms with Crippen LogP contribution in [0.3, 0.4) is 0 Å². The van der Waals surface area contributed by atoms with Gasteiger partial charge in [-0.05, 0) is 28.5 Å². The summed E-state index contributed by atoms with van der Waals surface area (Å²) in [6, 6.07) is 19.0. The maximum absolute atomic E-state index is 13.3. The van der Waals surface area contributed by atoms with Crippen molar-refractivity contribution >= 4 is 17.7 Å². The highest BCUT2D eigenvalue weighted by Crippen LogP contribution is 2.40.